The number of rotatable bonds is 0. The van der Waals surface area contributed by atoms with E-state index in [9.17, 15) is 4.79 Å². The first-order valence-electron chi connectivity index (χ1n) is 6.01. The second-order valence-electron chi connectivity index (χ2n) is 4.65. The van der Waals surface area contributed by atoms with Gasteiger partial charge in [0.05, 0.1) is 6.04 Å². The average Bonchev–Trinajstić information content (AvgIpc) is 2.56. The molecule has 0 aliphatic carbocycles. The Morgan fingerprint density at radius 2 is 2.39 bits per heavy atom. The Morgan fingerprint density at radius 3 is 3.22 bits per heavy atom. The Balaban J connectivity index is 1.78. The van der Waals surface area contributed by atoms with Crippen LogP contribution in [-0.4, -0.2) is 58.3 Å². The number of nitrogens with zero attached hydrogens (tertiary/aromatic N) is 3. The molecule has 2 aliphatic heterocycles. The summed E-state index contributed by atoms with van der Waals surface area (Å²) in [6, 6.07) is 1.99. The number of piperazine rings is 1. The SMILES string of the molecule is O=C(O)N1CCN2Cc3cnccc3OCC2C1. The topological polar surface area (TPSA) is 65.9 Å². The average molecular weight is 249 g/mol. The molecule has 1 aromatic heterocycles. The fourth-order valence-corrected chi connectivity index (χ4v) is 2.51. The molecule has 1 fully saturated rings. The van der Waals surface area contributed by atoms with Gasteiger partial charge in [0.1, 0.15) is 12.4 Å². The van der Waals surface area contributed by atoms with Crippen LogP contribution in [0.15, 0.2) is 18.5 Å². The highest BCUT2D eigenvalue weighted by atomic mass is 16.5. The lowest BCUT2D eigenvalue weighted by atomic mass is 10.1. The summed E-state index contributed by atoms with van der Waals surface area (Å²) >= 11 is 0. The molecule has 1 saturated heterocycles. The van der Waals surface area contributed by atoms with Gasteiger partial charge in [0.25, 0.3) is 0 Å². The van der Waals surface area contributed by atoms with E-state index in [1.807, 2.05) is 12.3 Å². The molecule has 6 heteroatoms. The van der Waals surface area contributed by atoms with Crippen LogP contribution >= 0.6 is 0 Å². The van der Waals surface area contributed by atoms with Gasteiger partial charge in [-0.15, -0.1) is 0 Å². The fraction of sp³-hybridized carbons (Fsp3) is 0.500. The smallest absolute Gasteiger partial charge is 0.407 e. The zero-order valence-corrected chi connectivity index (χ0v) is 9.95. The Labute approximate surface area is 105 Å². The molecule has 0 saturated carbocycles. The maximum Gasteiger partial charge on any atom is 0.407 e. The summed E-state index contributed by atoms with van der Waals surface area (Å²) in [4.78, 5) is 18.8. The van der Waals surface area contributed by atoms with Gasteiger partial charge in [0.15, 0.2) is 0 Å². The highest BCUT2D eigenvalue weighted by Crippen LogP contribution is 2.25. The fourth-order valence-electron chi connectivity index (χ4n) is 2.51. The first kappa shape index (κ1) is 11.3. The maximum atomic E-state index is 11.0. The van der Waals surface area contributed by atoms with Gasteiger partial charge in [-0.3, -0.25) is 9.88 Å². The van der Waals surface area contributed by atoms with E-state index in [0.717, 1.165) is 24.4 Å². The predicted molar refractivity (Wildman–Crippen MR) is 63.5 cm³/mol. The molecule has 3 heterocycles. The number of aromatic nitrogens is 1. The van der Waals surface area contributed by atoms with Crippen molar-refractivity contribution < 1.29 is 14.6 Å². The van der Waals surface area contributed by atoms with Gasteiger partial charge in [-0.2, -0.15) is 0 Å². The molecule has 2 aliphatic rings. The quantitative estimate of drug-likeness (QED) is 0.731. The monoisotopic (exact) mass is 249 g/mol. The summed E-state index contributed by atoms with van der Waals surface area (Å²) in [5.74, 6) is 0.862. The van der Waals surface area contributed by atoms with Crippen molar-refractivity contribution in [1.82, 2.24) is 14.8 Å². The number of fused-ring (bicyclic) bond motifs is 2. The third kappa shape index (κ3) is 1.99. The number of amides is 1. The largest absolute Gasteiger partial charge is 0.491 e. The molecule has 1 atom stereocenters. The zero-order valence-electron chi connectivity index (χ0n) is 9.95. The van der Waals surface area contributed by atoms with Crippen LogP contribution in [0.25, 0.3) is 0 Å². The molecule has 0 radical (unpaired) electrons. The van der Waals surface area contributed by atoms with Crippen LogP contribution in [0.1, 0.15) is 5.56 Å². The van der Waals surface area contributed by atoms with E-state index in [2.05, 4.69) is 9.88 Å². The number of carboxylic acid groups (broad SMARTS) is 1. The lowest BCUT2D eigenvalue weighted by molar-refractivity contribution is 0.0503. The van der Waals surface area contributed by atoms with Gasteiger partial charge in [-0.25, -0.2) is 4.79 Å². The third-order valence-electron chi connectivity index (χ3n) is 3.54. The minimum absolute atomic E-state index is 0.127. The number of carbonyl (C=O) groups is 1. The van der Waals surface area contributed by atoms with Crippen LogP contribution in [0, 0.1) is 0 Å². The second-order valence-corrected chi connectivity index (χ2v) is 4.65. The molecule has 6 nitrogen and oxygen atoms in total. The van der Waals surface area contributed by atoms with Gasteiger partial charge < -0.3 is 14.7 Å². The van der Waals surface area contributed by atoms with Crippen LogP contribution in [0.4, 0.5) is 4.79 Å². The van der Waals surface area contributed by atoms with Crippen LogP contribution in [0.2, 0.25) is 0 Å². The highest BCUT2D eigenvalue weighted by Gasteiger charge is 2.32. The number of hydrogen-bond donors (Lipinski definition) is 1. The summed E-state index contributed by atoms with van der Waals surface area (Å²) < 4.78 is 5.74. The molecule has 1 amide bonds. The summed E-state index contributed by atoms with van der Waals surface area (Å²) in [5, 5.41) is 9.03. The molecule has 18 heavy (non-hydrogen) atoms. The van der Waals surface area contributed by atoms with Crippen molar-refractivity contribution in [3.8, 4) is 5.75 Å². The van der Waals surface area contributed by atoms with E-state index in [-0.39, 0.29) is 6.04 Å². The van der Waals surface area contributed by atoms with Crippen molar-refractivity contribution in [2.75, 3.05) is 26.2 Å². The van der Waals surface area contributed by atoms with E-state index in [1.54, 1.807) is 6.20 Å². The molecular formula is C12H15N3O3. The van der Waals surface area contributed by atoms with Crippen LogP contribution < -0.4 is 4.74 Å². The Bertz CT molecular complexity index is 466. The van der Waals surface area contributed by atoms with Gasteiger partial charge in [-0.05, 0) is 6.07 Å². The molecule has 96 valence electrons. The van der Waals surface area contributed by atoms with Gasteiger partial charge >= 0.3 is 6.09 Å². The summed E-state index contributed by atoms with van der Waals surface area (Å²) in [6.45, 7) is 3.12. The lowest BCUT2D eigenvalue weighted by Gasteiger charge is -2.38. The standard InChI is InChI=1S/C12H15N3O3/c16-12(17)15-4-3-14-6-9-5-13-2-1-11(9)18-8-10(14)7-15/h1-2,5,10H,3-4,6-8H2,(H,16,17). The summed E-state index contributed by atoms with van der Waals surface area (Å²) in [6.07, 6.45) is 2.69. The number of pyridine rings is 1. The van der Waals surface area contributed by atoms with E-state index >= 15 is 0 Å². The number of ether oxygens (including phenoxy) is 1. The maximum absolute atomic E-state index is 11.0. The molecule has 0 spiro atoms. The van der Waals surface area contributed by atoms with Crippen molar-refractivity contribution in [2.24, 2.45) is 0 Å². The molecule has 0 bridgehead atoms. The number of hydrogen-bond acceptors (Lipinski definition) is 4. The summed E-state index contributed by atoms with van der Waals surface area (Å²) in [5.41, 5.74) is 1.07. The van der Waals surface area contributed by atoms with Crippen molar-refractivity contribution in [3.05, 3.63) is 24.0 Å². The molecule has 0 aromatic carbocycles. The van der Waals surface area contributed by atoms with Gasteiger partial charge in [-0.1, -0.05) is 0 Å². The normalized spacial score (nSPS) is 23.6. The molecule has 1 N–H and O–H groups in total. The minimum Gasteiger partial charge on any atom is -0.491 e. The zero-order chi connectivity index (χ0) is 12.5. The molecule has 3 rings (SSSR count). The van der Waals surface area contributed by atoms with Gasteiger partial charge in [0, 0.05) is 44.1 Å². The van der Waals surface area contributed by atoms with Crippen molar-refractivity contribution in [1.29, 1.82) is 0 Å². The van der Waals surface area contributed by atoms with Gasteiger partial charge in [0.2, 0.25) is 0 Å². The Kier molecular flexibility index (Phi) is 2.79. The van der Waals surface area contributed by atoms with Crippen molar-refractivity contribution >= 4 is 6.09 Å². The Hall–Kier alpha value is -1.82. The molecule has 1 aromatic rings. The lowest BCUT2D eigenvalue weighted by Crippen LogP contribution is -2.55. The first-order chi connectivity index (χ1) is 8.74. The van der Waals surface area contributed by atoms with E-state index < -0.39 is 6.09 Å². The Morgan fingerprint density at radius 1 is 1.50 bits per heavy atom. The second kappa shape index (κ2) is 4.45. The predicted octanol–water partition coefficient (Wildman–Crippen LogP) is 0.638. The highest BCUT2D eigenvalue weighted by molar-refractivity contribution is 5.65. The van der Waals surface area contributed by atoms with Crippen molar-refractivity contribution in [2.45, 2.75) is 12.6 Å². The van der Waals surface area contributed by atoms with E-state index in [0.29, 0.717) is 19.7 Å². The minimum atomic E-state index is -0.849. The first-order valence-corrected chi connectivity index (χ1v) is 6.01. The summed E-state index contributed by atoms with van der Waals surface area (Å²) in [7, 11) is 0. The molecular weight excluding hydrogens is 234 g/mol. The van der Waals surface area contributed by atoms with E-state index in [1.165, 1.54) is 4.90 Å². The van der Waals surface area contributed by atoms with Crippen molar-refractivity contribution in [3.63, 3.8) is 0 Å². The third-order valence-corrected chi connectivity index (χ3v) is 3.54. The molecule has 1 unspecified atom stereocenters. The van der Waals surface area contributed by atoms with Crippen LogP contribution in [-0.2, 0) is 6.54 Å². The van der Waals surface area contributed by atoms with Crippen LogP contribution in [0.3, 0.4) is 0 Å². The van der Waals surface area contributed by atoms with Crippen LogP contribution in [0.5, 0.6) is 5.75 Å². The van der Waals surface area contributed by atoms with E-state index in [4.69, 9.17) is 9.84 Å².